The van der Waals surface area contributed by atoms with Crippen molar-refractivity contribution in [2.45, 2.75) is 12.8 Å². The molecule has 6 nitrogen and oxygen atoms in total. The van der Waals surface area contributed by atoms with Crippen LogP contribution in [0.15, 0.2) is 48.5 Å². The molecule has 1 saturated heterocycles. The fourth-order valence-electron chi connectivity index (χ4n) is 3.92. The zero-order valence-electron chi connectivity index (χ0n) is 16.6. The second kappa shape index (κ2) is 9.20. The highest BCUT2D eigenvalue weighted by Crippen LogP contribution is 2.28. The predicted octanol–water partition coefficient (Wildman–Crippen LogP) is 2.34. The van der Waals surface area contributed by atoms with Crippen LogP contribution < -0.4 is 10.2 Å². The highest BCUT2D eigenvalue weighted by Gasteiger charge is 2.23. The Labute approximate surface area is 171 Å². The first-order valence-corrected chi connectivity index (χ1v) is 10.3. The molecule has 1 N–H and O–H groups in total. The highest BCUT2D eigenvalue weighted by molar-refractivity contribution is 6.07. The summed E-state index contributed by atoms with van der Waals surface area (Å²) in [5, 5.41) is 2.95. The normalized spacial score (nSPS) is 16.9. The molecule has 2 aromatic carbocycles. The lowest BCUT2D eigenvalue weighted by Crippen LogP contribution is -2.41. The molecule has 2 aliphatic rings. The van der Waals surface area contributed by atoms with E-state index in [1.54, 1.807) is 24.3 Å². The van der Waals surface area contributed by atoms with Gasteiger partial charge < -0.3 is 15.0 Å². The summed E-state index contributed by atoms with van der Waals surface area (Å²) in [7, 11) is 0. The van der Waals surface area contributed by atoms with Crippen molar-refractivity contribution in [2.24, 2.45) is 0 Å². The van der Waals surface area contributed by atoms with E-state index in [9.17, 15) is 9.59 Å². The smallest absolute Gasteiger partial charge is 0.258 e. The number of aryl methyl sites for hydroxylation is 1. The van der Waals surface area contributed by atoms with Crippen molar-refractivity contribution in [3.63, 3.8) is 0 Å². The molecule has 29 heavy (non-hydrogen) atoms. The number of carbonyl (C=O) groups is 2. The van der Waals surface area contributed by atoms with E-state index in [-0.39, 0.29) is 11.8 Å². The Morgan fingerprint density at radius 3 is 2.45 bits per heavy atom. The number of fused-ring (bicyclic) bond motifs is 1. The summed E-state index contributed by atoms with van der Waals surface area (Å²) < 4.78 is 5.33. The van der Waals surface area contributed by atoms with Gasteiger partial charge in [0.15, 0.2) is 0 Å². The van der Waals surface area contributed by atoms with Crippen LogP contribution in [-0.4, -0.2) is 62.7 Å². The number of carbonyl (C=O) groups excluding carboxylic acids is 2. The maximum atomic E-state index is 13.0. The largest absolute Gasteiger partial charge is 0.379 e. The van der Waals surface area contributed by atoms with Crippen LogP contribution in [0.5, 0.6) is 0 Å². The number of anilines is 1. The topological polar surface area (TPSA) is 61.9 Å². The number of para-hydroxylation sites is 1. The number of benzene rings is 2. The Bertz CT molecular complexity index is 860. The van der Waals surface area contributed by atoms with Crippen LogP contribution in [0.3, 0.4) is 0 Å². The van der Waals surface area contributed by atoms with E-state index in [1.807, 2.05) is 23.1 Å². The van der Waals surface area contributed by atoms with Crippen molar-refractivity contribution >= 4 is 17.5 Å². The molecule has 2 aliphatic heterocycles. The monoisotopic (exact) mass is 393 g/mol. The number of nitrogens with one attached hydrogen (secondary N) is 1. The second-order valence-electron chi connectivity index (χ2n) is 7.48. The third-order valence-electron chi connectivity index (χ3n) is 5.57. The van der Waals surface area contributed by atoms with Crippen molar-refractivity contribution in [1.29, 1.82) is 0 Å². The Hall–Kier alpha value is -2.70. The van der Waals surface area contributed by atoms with E-state index in [0.29, 0.717) is 17.7 Å². The summed E-state index contributed by atoms with van der Waals surface area (Å²) in [6.45, 7) is 5.47. The SMILES string of the molecule is O=C(NCCN1CCOCC1)c1ccc(C(=O)N2CCCc3ccccc32)cc1. The van der Waals surface area contributed by atoms with E-state index in [4.69, 9.17) is 4.74 Å². The van der Waals surface area contributed by atoms with Gasteiger partial charge in [-0.2, -0.15) is 0 Å². The number of nitrogens with zero attached hydrogens (tertiary/aromatic N) is 2. The number of hydrogen-bond acceptors (Lipinski definition) is 4. The highest BCUT2D eigenvalue weighted by atomic mass is 16.5. The van der Waals surface area contributed by atoms with Gasteiger partial charge in [0.05, 0.1) is 13.2 Å². The molecule has 2 heterocycles. The molecule has 0 unspecified atom stereocenters. The van der Waals surface area contributed by atoms with Crippen LogP contribution in [0.2, 0.25) is 0 Å². The summed E-state index contributed by atoms with van der Waals surface area (Å²) in [5.74, 6) is -0.128. The van der Waals surface area contributed by atoms with Crippen molar-refractivity contribution in [3.8, 4) is 0 Å². The lowest BCUT2D eigenvalue weighted by Gasteiger charge is -2.29. The summed E-state index contributed by atoms with van der Waals surface area (Å²) in [5.41, 5.74) is 3.38. The molecule has 0 saturated carbocycles. The molecule has 0 spiro atoms. The quantitative estimate of drug-likeness (QED) is 0.847. The van der Waals surface area contributed by atoms with E-state index < -0.39 is 0 Å². The molecule has 6 heteroatoms. The van der Waals surface area contributed by atoms with E-state index in [0.717, 1.165) is 57.9 Å². The molecular weight excluding hydrogens is 366 g/mol. The van der Waals surface area contributed by atoms with Gasteiger partial charge in [-0.3, -0.25) is 14.5 Å². The Kier molecular flexibility index (Phi) is 6.22. The van der Waals surface area contributed by atoms with Crippen molar-refractivity contribution in [1.82, 2.24) is 10.2 Å². The van der Waals surface area contributed by atoms with E-state index in [2.05, 4.69) is 16.3 Å². The molecule has 0 radical (unpaired) electrons. The van der Waals surface area contributed by atoms with Gasteiger partial charge in [0.1, 0.15) is 0 Å². The second-order valence-corrected chi connectivity index (χ2v) is 7.48. The number of hydrogen-bond donors (Lipinski definition) is 1. The number of morpholine rings is 1. The molecule has 4 rings (SSSR count). The van der Waals surface area contributed by atoms with Crippen LogP contribution in [-0.2, 0) is 11.2 Å². The molecular formula is C23H27N3O3. The Balaban J connectivity index is 1.35. The van der Waals surface area contributed by atoms with Crippen LogP contribution in [0, 0.1) is 0 Å². The number of amides is 2. The molecule has 1 fully saturated rings. The van der Waals surface area contributed by atoms with Gasteiger partial charge in [0, 0.05) is 49.5 Å². The fourth-order valence-corrected chi connectivity index (χ4v) is 3.92. The molecule has 152 valence electrons. The summed E-state index contributed by atoms with van der Waals surface area (Å²) >= 11 is 0. The lowest BCUT2D eigenvalue weighted by atomic mass is 10.0. The number of ether oxygens (including phenoxy) is 1. The average molecular weight is 393 g/mol. The van der Waals surface area contributed by atoms with Gasteiger partial charge in [-0.25, -0.2) is 0 Å². The zero-order chi connectivity index (χ0) is 20.1. The molecule has 0 bridgehead atoms. The summed E-state index contributed by atoms with van der Waals surface area (Å²) in [6.07, 6.45) is 1.97. The predicted molar refractivity (Wildman–Crippen MR) is 112 cm³/mol. The van der Waals surface area contributed by atoms with Gasteiger partial charge in [0.25, 0.3) is 11.8 Å². The number of rotatable bonds is 5. The Morgan fingerprint density at radius 1 is 0.931 bits per heavy atom. The minimum atomic E-state index is -0.111. The minimum Gasteiger partial charge on any atom is -0.379 e. The van der Waals surface area contributed by atoms with Crippen molar-refractivity contribution < 1.29 is 14.3 Å². The van der Waals surface area contributed by atoms with E-state index in [1.165, 1.54) is 5.56 Å². The van der Waals surface area contributed by atoms with Crippen molar-refractivity contribution in [3.05, 3.63) is 65.2 Å². The van der Waals surface area contributed by atoms with Gasteiger partial charge in [-0.15, -0.1) is 0 Å². The summed E-state index contributed by atoms with van der Waals surface area (Å²) in [6, 6.07) is 15.0. The van der Waals surface area contributed by atoms with Crippen LogP contribution in [0.4, 0.5) is 5.69 Å². The van der Waals surface area contributed by atoms with Crippen LogP contribution in [0.1, 0.15) is 32.7 Å². The van der Waals surface area contributed by atoms with Gasteiger partial charge in [-0.05, 0) is 48.7 Å². The van der Waals surface area contributed by atoms with Gasteiger partial charge in [0.2, 0.25) is 0 Å². The van der Waals surface area contributed by atoms with Crippen LogP contribution in [0.25, 0.3) is 0 Å². The maximum absolute atomic E-state index is 13.0. The molecule has 0 aliphatic carbocycles. The zero-order valence-corrected chi connectivity index (χ0v) is 16.6. The molecule has 2 amide bonds. The molecule has 2 aromatic rings. The first-order chi connectivity index (χ1) is 14.2. The summed E-state index contributed by atoms with van der Waals surface area (Å²) in [4.78, 5) is 29.5. The first-order valence-electron chi connectivity index (χ1n) is 10.3. The van der Waals surface area contributed by atoms with Crippen LogP contribution >= 0.6 is 0 Å². The van der Waals surface area contributed by atoms with E-state index >= 15 is 0 Å². The minimum absolute atomic E-state index is 0.0172. The Morgan fingerprint density at radius 2 is 1.66 bits per heavy atom. The third-order valence-corrected chi connectivity index (χ3v) is 5.57. The third kappa shape index (κ3) is 4.66. The fraction of sp³-hybridized carbons (Fsp3) is 0.391. The lowest BCUT2D eigenvalue weighted by molar-refractivity contribution is 0.0383. The van der Waals surface area contributed by atoms with Gasteiger partial charge >= 0.3 is 0 Å². The van der Waals surface area contributed by atoms with Gasteiger partial charge in [-0.1, -0.05) is 18.2 Å². The van der Waals surface area contributed by atoms with Crippen molar-refractivity contribution in [2.75, 3.05) is 50.8 Å². The molecule has 0 aromatic heterocycles. The average Bonchev–Trinajstić information content (AvgIpc) is 2.79. The first kappa shape index (κ1) is 19.6. The maximum Gasteiger partial charge on any atom is 0.258 e. The standard InChI is InChI=1S/C23H27N3O3/c27-22(24-11-13-25-14-16-29-17-15-25)19-7-9-20(10-8-19)23(28)26-12-3-5-18-4-1-2-6-21(18)26/h1-2,4,6-10H,3,5,11-17H2,(H,24,27). The molecule has 0 atom stereocenters.